The zero-order chi connectivity index (χ0) is 44.2. The molecule has 323 valence electrons. The molecule has 0 unspecified atom stereocenters. The summed E-state index contributed by atoms with van der Waals surface area (Å²) >= 11 is 0. The van der Waals surface area contributed by atoms with E-state index in [-0.39, 0.29) is 35.1 Å². The maximum absolute atomic E-state index is 14.1. The van der Waals surface area contributed by atoms with Gasteiger partial charge in [-0.15, -0.1) is 0 Å². The van der Waals surface area contributed by atoms with Gasteiger partial charge in [-0.05, 0) is 57.5 Å². The summed E-state index contributed by atoms with van der Waals surface area (Å²) in [6, 6.07) is 43.9. The van der Waals surface area contributed by atoms with E-state index in [1.54, 1.807) is 41.0 Å². The van der Waals surface area contributed by atoms with Crippen molar-refractivity contribution in [2.45, 2.75) is 68.0 Å². The molecule has 0 saturated carbocycles. The smallest absolute Gasteiger partial charge is 0.297 e. The van der Waals surface area contributed by atoms with Gasteiger partial charge in [-0.2, -0.15) is 8.42 Å². The third-order valence-electron chi connectivity index (χ3n) is 10.8. The normalized spacial score (nSPS) is 20.3. The Labute approximate surface area is 368 Å². The van der Waals surface area contributed by atoms with Gasteiger partial charge in [0.15, 0.2) is 31.1 Å². The van der Waals surface area contributed by atoms with E-state index in [1.165, 1.54) is 24.8 Å². The summed E-state index contributed by atoms with van der Waals surface area (Å²) in [5, 5.41) is 16.3. The lowest BCUT2D eigenvalue weighted by atomic mass is 9.96. The Morgan fingerprint density at radius 3 is 2.00 bits per heavy atom. The second-order valence-corrected chi connectivity index (χ2v) is 20.6. The number of nitrogens with zero attached hydrogens (tertiary/aromatic N) is 4. The van der Waals surface area contributed by atoms with Crippen molar-refractivity contribution in [1.29, 1.82) is 0 Å². The number of ether oxygens (including phenoxy) is 3. The number of carbonyl (C=O) groups excluding carboxylic acids is 1. The molecule has 63 heavy (non-hydrogen) atoms. The lowest BCUT2D eigenvalue weighted by Crippen LogP contribution is -2.66. The van der Waals surface area contributed by atoms with Crippen LogP contribution in [0.25, 0.3) is 11.2 Å². The van der Waals surface area contributed by atoms with Crippen molar-refractivity contribution < 1.29 is 36.7 Å². The van der Waals surface area contributed by atoms with E-state index < -0.39 is 60.2 Å². The van der Waals surface area contributed by atoms with E-state index in [0.29, 0.717) is 5.56 Å². The first-order valence-corrected chi connectivity index (χ1v) is 23.4. The fraction of sp³-hybridized carbons (Fsp3) is 0.250. The van der Waals surface area contributed by atoms with Crippen molar-refractivity contribution in [1.82, 2.24) is 19.5 Å². The van der Waals surface area contributed by atoms with Crippen LogP contribution in [-0.2, 0) is 40.5 Å². The van der Waals surface area contributed by atoms with Crippen LogP contribution in [0.3, 0.4) is 0 Å². The highest BCUT2D eigenvalue weighted by Gasteiger charge is 2.69. The molecule has 13 nitrogen and oxygen atoms in total. The predicted octanol–water partition coefficient (Wildman–Crippen LogP) is 5.82. The molecule has 3 heterocycles. The van der Waals surface area contributed by atoms with Gasteiger partial charge in [0.1, 0.15) is 30.7 Å². The van der Waals surface area contributed by atoms with Gasteiger partial charge >= 0.3 is 0 Å². The minimum atomic E-state index is -4.40. The van der Waals surface area contributed by atoms with Gasteiger partial charge in [-0.1, -0.05) is 137 Å². The van der Waals surface area contributed by atoms with Gasteiger partial charge in [0.05, 0.1) is 30.0 Å². The number of hydrogen-bond acceptors (Lipinski definition) is 11. The molecule has 2 aromatic heterocycles. The molecule has 1 aliphatic heterocycles. The Bertz CT molecular complexity index is 2720. The van der Waals surface area contributed by atoms with Crippen molar-refractivity contribution in [2.24, 2.45) is 0 Å². The van der Waals surface area contributed by atoms with Crippen LogP contribution in [0.1, 0.15) is 42.3 Å². The van der Waals surface area contributed by atoms with Crippen molar-refractivity contribution in [3.05, 3.63) is 175 Å². The number of rotatable bonds is 15. The fourth-order valence-corrected chi connectivity index (χ4v) is 12.0. The van der Waals surface area contributed by atoms with E-state index in [1.807, 2.05) is 125 Å². The first kappa shape index (κ1) is 43.7. The summed E-state index contributed by atoms with van der Waals surface area (Å²) in [5.74, 6) is -0.273. The van der Waals surface area contributed by atoms with Crippen LogP contribution in [0.4, 0.5) is 5.82 Å². The lowest BCUT2D eigenvalue weighted by molar-refractivity contribution is -0.196. The molecule has 0 aliphatic carbocycles. The van der Waals surface area contributed by atoms with Crippen LogP contribution in [-0.4, -0.2) is 84.4 Å². The highest BCUT2D eigenvalue weighted by Crippen LogP contribution is 2.48. The molecule has 5 aromatic carbocycles. The van der Waals surface area contributed by atoms with Gasteiger partial charge in [0.2, 0.25) is 0 Å². The Balaban J connectivity index is 1.36. The number of aromatic nitrogens is 4. The van der Waals surface area contributed by atoms with Gasteiger partial charge in [0, 0.05) is 5.56 Å². The number of fused-ring (bicyclic) bond motifs is 1. The monoisotopic (exact) mass is 882 g/mol. The highest BCUT2D eigenvalue weighted by atomic mass is 32.2. The van der Waals surface area contributed by atoms with Crippen molar-refractivity contribution in [3.63, 3.8) is 0 Å². The van der Waals surface area contributed by atoms with Gasteiger partial charge in [-0.3, -0.25) is 13.5 Å². The summed E-state index contributed by atoms with van der Waals surface area (Å²) in [5.41, 5.74) is -0.0338. The maximum atomic E-state index is 14.1. The highest BCUT2D eigenvalue weighted by molar-refractivity contribution is 7.86. The molecule has 1 fully saturated rings. The number of nitrogens with one attached hydrogen (secondary N) is 1. The zero-order valence-corrected chi connectivity index (χ0v) is 37.1. The summed E-state index contributed by atoms with van der Waals surface area (Å²) in [7, 11) is -6.86. The van der Waals surface area contributed by atoms with Crippen LogP contribution >= 0.6 is 0 Å². The minimum absolute atomic E-state index is 0.0191. The molecule has 1 radical (unpaired) electrons. The number of benzene rings is 5. The summed E-state index contributed by atoms with van der Waals surface area (Å²) in [6.45, 7) is 6.62. The van der Waals surface area contributed by atoms with Crippen LogP contribution in [0.2, 0.25) is 0 Å². The van der Waals surface area contributed by atoms with Gasteiger partial charge in [-0.25, -0.2) is 15.0 Å². The molecule has 7 aromatic rings. The number of hydrogen-bond donors (Lipinski definition) is 2. The SMILES string of the molecule is Cc1ccc(S(=O)(=O)OC[C@]2(COC(C)(C)C)O[C@](n3cnc4c(NC(=O)c5ccccc5)ncnc43)([Si](c3ccccc3)c3ccccc3)[C@H](O)[C@@H]2OCc2ccccc2)cc1. The molecule has 4 atom stereocenters. The van der Waals surface area contributed by atoms with E-state index in [2.05, 4.69) is 10.3 Å². The zero-order valence-electron chi connectivity index (χ0n) is 35.3. The Hall–Kier alpha value is -5.91. The van der Waals surface area contributed by atoms with E-state index in [0.717, 1.165) is 21.5 Å². The quantitative estimate of drug-likeness (QED) is 0.0942. The first-order chi connectivity index (χ1) is 30.3. The second-order valence-electron chi connectivity index (χ2n) is 16.4. The number of carbonyl (C=O) groups is 1. The van der Waals surface area contributed by atoms with Crippen LogP contribution in [0.15, 0.2) is 163 Å². The molecule has 0 bridgehead atoms. The summed E-state index contributed by atoms with van der Waals surface area (Å²) in [6.07, 6.45) is -0.0443. The van der Waals surface area contributed by atoms with Gasteiger partial charge in [0.25, 0.3) is 16.0 Å². The molecule has 15 heteroatoms. The number of aliphatic hydroxyl groups excluding tert-OH is 1. The van der Waals surface area contributed by atoms with Crippen molar-refractivity contribution >= 4 is 52.2 Å². The predicted molar refractivity (Wildman–Crippen MR) is 240 cm³/mol. The number of aryl methyl sites for hydroxylation is 1. The van der Waals surface area contributed by atoms with E-state index >= 15 is 0 Å². The van der Waals surface area contributed by atoms with Crippen LogP contribution in [0, 0.1) is 6.92 Å². The minimum Gasteiger partial charge on any atom is -0.386 e. The molecule has 0 spiro atoms. The molecule has 1 saturated heterocycles. The molecule has 8 rings (SSSR count). The number of aliphatic hydroxyl groups is 1. The second kappa shape index (κ2) is 18.1. The van der Waals surface area contributed by atoms with Gasteiger partial charge < -0.3 is 24.6 Å². The molecular formula is C48H48N5O8SSi. The fourth-order valence-electron chi connectivity index (χ4n) is 7.72. The standard InChI is InChI=1S/C48H48N5O8SSi/c1-34-25-27-37(28-26-34)62(56,57)60-31-47(30-59-46(2,3)4)42(58-29-35-17-9-5-10-18-35)41(54)48(61-47,63(38-21-13-7-14-22-38)39-23-15-8-16-24-39)53-33-51-40-43(49-32-50-44(40)53)52-45(55)36-19-11-6-12-20-36/h5-28,32-33,41-42,54H,29-31H2,1-4H3,(H,49,50,52,55)/t41-,42+,47+,48+/m1/s1. The molecular weight excluding hydrogens is 835 g/mol. The Morgan fingerprint density at radius 2 is 1.40 bits per heavy atom. The van der Waals surface area contributed by atoms with Crippen molar-refractivity contribution in [3.8, 4) is 0 Å². The number of amides is 1. The van der Waals surface area contributed by atoms with Crippen LogP contribution < -0.4 is 15.7 Å². The third-order valence-corrected chi connectivity index (χ3v) is 15.3. The summed E-state index contributed by atoms with van der Waals surface area (Å²) < 4.78 is 56.9. The third kappa shape index (κ3) is 9.13. The average molecular weight is 883 g/mol. The van der Waals surface area contributed by atoms with E-state index in [9.17, 15) is 18.3 Å². The molecule has 1 aliphatic rings. The number of imidazole rings is 1. The lowest BCUT2D eigenvalue weighted by Gasteiger charge is -2.41. The molecule has 1 amide bonds. The van der Waals surface area contributed by atoms with Crippen LogP contribution in [0.5, 0.6) is 0 Å². The van der Waals surface area contributed by atoms with Crippen molar-refractivity contribution in [2.75, 3.05) is 18.5 Å². The largest absolute Gasteiger partial charge is 0.386 e. The summed E-state index contributed by atoms with van der Waals surface area (Å²) in [4.78, 5) is 27.4. The number of anilines is 1. The maximum Gasteiger partial charge on any atom is 0.297 e. The first-order valence-electron chi connectivity index (χ1n) is 20.5. The topological polar surface area (TPSA) is 164 Å². The Kier molecular flexibility index (Phi) is 12.5. The average Bonchev–Trinajstić information content (AvgIpc) is 3.84. The molecule has 2 N–H and O–H groups in total. The van der Waals surface area contributed by atoms with E-state index in [4.69, 9.17) is 28.4 Å². The Morgan fingerprint density at radius 1 is 0.810 bits per heavy atom.